The SMILES string of the molecule is Cc1ncc(C(=O)NC2CC23CCOCC3)n1C. The first-order chi connectivity index (χ1) is 8.62. The maximum Gasteiger partial charge on any atom is 0.269 e. The van der Waals surface area contributed by atoms with Gasteiger partial charge in [-0.05, 0) is 31.6 Å². The molecule has 0 radical (unpaired) electrons. The third-order valence-electron chi connectivity index (χ3n) is 4.44. The molecule has 1 aliphatic heterocycles. The summed E-state index contributed by atoms with van der Waals surface area (Å²) < 4.78 is 7.21. The van der Waals surface area contributed by atoms with Crippen LogP contribution < -0.4 is 5.32 Å². The van der Waals surface area contributed by atoms with Crippen LogP contribution in [0.2, 0.25) is 0 Å². The van der Waals surface area contributed by atoms with Crippen LogP contribution in [0.15, 0.2) is 6.20 Å². The van der Waals surface area contributed by atoms with Crippen molar-refractivity contribution in [3.63, 3.8) is 0 Å². The highest BCUT2D eigenvalue weighted by atomic mass is 16.5. The van der Waals surface area contributed by atoms with Crippen molar-refractivity contribution < 1.29 is 9.53 Å². The lowest BCUT2D eigenvalue weighted by Gasteiger charge is -2.22. The first-order valence-corrected chi connectivity index (χ1v) is 6.49. The molecule has 1 unspecified atom stereocenters. The van der Waals surface area contributed by atoms with Gasteiger partial charge in [-0.15, -0.1) is 0 Å². The number of rotatable bonds is 2. The summed E-state index contributed by atoms with van der Waals surface area (Å²) in [5, 5.41) is 3.13. The van der Waals surface area contributed by atoms with Gasteiger partial charge in [0.05, 0.1) is 6.20 Å². The molecule has 2 fully saturated rings. The van der Waals surface area contributed by atoms with Crippen molar-refractivity contribution in [3.05, 3.63) is 17.7 Å². The number of imidazole rings is 1. The van der Waals surface area contributed by atoms with E-state index in [-0.39, 0.29) is 5.91 Å². The van der Waals surface area contributed by atoms with Crippen LogP contribution in [0.1, 0.15) is 35.6 Å². The molecule has 98 valence electrons. The Morgan fingerprint density at radius 2 is 2.28 bits per heavy atom. The monoisotopic (exact) mass is 249 g/mol. The van der Waals surface area contributed by atoms with Crippen molar-refractivity contribution in [2.75, 3.05) is 13.2 Å². The van der Waals surface area contributed by atoms with Gasteiger partial charge in [0, 0.05) is 26.3 Å². The predicted octanol–water partition coefficient (Wildman–Crippen LogP) is 1.03. The van der Waals surface area contributed by atoms with Gasteiger partial charge < -0.3 is 14.6 Å². The van der Waals surface area contributed by atoms with E-state index >= 15 is 0 Å². The van der Waals surface area contributed by atoms with Crippen LogP contribution in [-0.2, 0) is 11.8 Å². The lowest BCUT2D eigenvalue weighted by atomic mass is 9.96. The summed E-state index contributed by atoms with van der Waals surface area (Å²) in [6, 6.07) is 0.323. The Hall–Kier alpha value is -1.36. The van der Waals surface area contributed by atoms with Gasteiger partial charge in [0.2, 0.25) is 0 Å². The van der Waals surface area contributed by atoms with E-state index in [9.17, 15) is 4.79 Å². The maximum atomic E-state index is 12.2. The van der Waals surface area contributed by atoms with Gasteiger partial charge in [-0.2, -0.15) is 0 Å². The molecule has 2 heterocycles. The Bertz CT molecular complexity index is 475. The van der Waals surface area contributed by atoms with E-state index in [0.717, 1.165) is 38.3 Å². The van der Waals surface area contributed by atoms with Gasteiger partial charge in [0.15, 0.2) is 0 Å². The molecule has 1 N–H and O–H groups in total. The highest BCUT2D eigenvalue weighted by Gasteiger charge is 2.55. The molecule has 3 rings (SSSR count). The van der Waals surface area contributed by atoms with Crippen molar-refractivity contribution in [2.45, 2.75) is 32.2 Å². The number of nitrogens with zero attached hydrogens (tertiary/aromatic N) is 2. The Kier molecular flexibility index (Phi) is 2.66. The zero-order valence-electron chi connectivity index (χ0n) is 10.9. The molecule has 1 aromatic rings. The molecule has 1 saturated heterocycles. The second kappa shape index (κ2) is 4.09. The van der Waals surface area contributed by atoms with Crippen LogP contribution in [0.4, 0.5) is 0 Å². The molecule has 0 aromatic carbocycles. The van der Waals surface area contributed by atoms with Crippen molar-refractivity contribution >= 4 is 5.91 Å². The van der Waals surface area contributed by atoms with Crippen LogP contribution in [0.25, 0.3) is 0 Å². The minimum Gasteiger partial charge on any atom is -0.381 e. The van der Waals surface area contributed by atoms with Crippen LogP contribution in [0, 0.1) is 12.3 Å². The number of carbonyl (C=O) groups is 1. The van der Waals surface area contributed by atoms with Crippen LogP contribution in [0.3, 0.4) is 0 Å². The number of amides is 1. The second-order valence-electron chi connectivity index (χ2n) is 5.45. The summed E-state index contributed by atoms with van der Waals surface area (Å²) in [6.45, 7) is 3.56. The number of carbonyl (C=O) groups excluding carboxylic acids is 1. The average Bonchev–Trinajstić information content (AvgIpc) is 2.88. The summed E-state index contributed by atoms with van der Waals surface area (Å²) in [5.74, 6) is 0.850. The van der Waals surface area contributed by atoms with E-state index in [1.807, 2.05) is 18.5 Å². The molecule has 1 saturated carbocycles. The Morgan fingerprint density at radius 1 is 1.56 bits per heavy atom. The van der Waals surface area contributed by atoms with E-state index in [1.54, 1.807) is 6.20 Å². The fourth-order valence-electron chi connectivity index (χ4n) is 2.83. The third kappa shape index (κ3) is 1.82. The largest absolute Gasteiger partial charge is 0.381 e. The maximum absolute atomic E-state index is 12.2. The highest BCUT2D eigenvalue weighted by molar-refractivity contribution is 5.93. The molecule has 5 nitrogen and oxygen atoms in total. The van der Waals surface area contributed by atoms with Crippen molar-refractivity contribution in [3.8, 4) is 0 Å². The van der Waals surface area contributed by atoms with Gasteiger partial charge in [-0.3, -0.25) is 4.79 Å². The van der Waals surface area contributed by atoms with Crippen LogP contribution in [0.5, 0.6) is 0 Å². The van der Waals surface area contributed by atoms with Crippen molar-refractivity contribution in [2.24, 2.45) is 12.5 Å². The van der Waals surface area contributed by atoms with Crippen molar-refractivity contribution in [1.82, 2.24) is 14.9 Å². The van der Waals surface area contributed by atoms with Gasteiger partial charge >= 0.3 is 0 Å². The molecule has 5 heteroatoms. The molecule has 1 amide bonds. The van der Waals surface area contributed by atoms with E-state index in [1.165, 1.54) is 0 Å². The molecule has 1 aliphatic carbocycles. The van der Waals surface area contributed by atoms with E-state index in [4.69, 9.17) is 4.74 Å². The van der Waals surface area contributed by atoms with Gasteiger partial charge in [0.1, 0.15) is 11.5 Å². The quantitative estimate of drug-likeness (QED) is 0.851. The second-order valence-corrected chi connectivity index (χ2v) is 5.45. The van der Waals surface area contributed by atoms with E-state index in [2.05, 4.69) is 10.3 Å². The number of hydrogen-bond donors (Lipinski definition) is 1. The Morgan fingerprint density at radius 3 is 2.89 bits per heavy atom. The number of ether oxygens (including phenoxy) is 1. The summed E-state index contributed by atoms with van der Waals surface area (Å²) in [4.78, 5) is 16.3. The van der Waals surface area contributed by atoms with Gasteiger partial charge in [-0.25, -0.2) is 4.98 Å². The minimum absolute atomic E-state index is 0.00790. The first kappa shape index (κ1) is 11.7. The Labute approximate surface area is 107 Å². The lowest BCUT2D eigenvalue weighted by Crippen LogP contribution is -2.33. The zero-order chi connectivity index (χ0) is 12.8. The normalized spacial score (nSPS) is 25.1. The topological polar surface area (TPSA) is 56.1 Å². The predicted molar refractivity (Wildman–Crippen MR) is 66.3 cm³/mol. The fourth-order valence-corrected chi connectivity index (χ4v) is 2.83. The van der Waals surface area contributed by atoms with Gasteiger partial charge in [-0.1, -0.05) is 0 Å². The van der Waals surface area contributed by atoms with Gasteiger partial charge in [0.25, 0.3) is 5.91 Å². The zero-order valence-corrected chi connectivity index (χ0v) is 10.9. The molecule has 2 aliphatic rings. The Balaban J connectivity index is 1.64. The van der Waals surface area contributed by atoms with E-state index < -0.39 is 0 Å². The molecule has 1 atom stereocenters. The summed E-state index contributed by atoms with van der Waals surface area (Å²) >= 11 is 0. The molecule has 18 heavy (non-hydrogen) atoms. The number of hydrogen-bond acceptors (Lipinski definition) is 3. The van der Waals surface area contributed by atoms with Crippen molar-refractivity contribution in [1.29, 1.82) is 0 Å². The number of aryl methyl sites for hydroxylation is 1. The van der Waals surface area contributed by atoms with Crippen LogP contribution >= 0.6 is 0 Å². The number of aromatic nitrogens is 2. The van der Waals surface area contributed by atoms with E-state index in [0.29, 0.717) is 17.2 Å². The summed E-state index contributed by atoms with van der Waals surface area (Å²) in [7, 11) is 1.87. The summed E-state index contributed by atoms with van der Waals surface area (Å²) in [5.41, 5.74) is 0.961. The summed E-state index contributed by atoms with van der Waals surface area (Å²) in [6.07, 6.45) is 4.88. The lowest BCUT2D eigenvalue weighted by molar-refractivity contribution is 0.0534. The average molecular weight is 249 g/mol. The molecular weight excluding hydrogens is 230 g/mol. The molecule has 1 aromatic heterocycles. The smallest absolute Gasteiger partial charge is 0.269 e. The number of nitrogens with one attached hydrogen (secondary N) is 1. The minimum atomic E-state index is -0.00790. The first-order valence-electron chi connectivity index (χ1n) is 6.49. The molecular formula is C13H19N3O2. The molecule has 0 bridgehead atoms. The third-order valence-corrected chi connectivity index (χ3v) is 4.44. The fraction of sp³-hybridized carbons (Fsp3) is 0.692. The standard InChI is InChI=1S/C13H19N3O2/c1-9-14-8-10(16(9)2)12(17)15-11-7-13(11)3-5-18-6-4-13/h8,11H,3-7H2,1-2H3,(H,15,17). The molecule has 1 spiro atoms. The van der Waals surface area contributed by atoms with Crippen LogP contribution in [-0.4, -0.2) is 34.7 Å². The highest BCUT2D eigenvalue weighted by Crippen LogP contribution is 2.53.